The summed E-state index contributed by atoms with van der Waals surface area (Å²) in [6.45, 7) is 2.78. The van der Waals surface area contributed by atoms with E-state index in [1.54, 1.807) is 12.1 Å². The molecule has 1 saturated heterocycles. The normalized spacial score (nSPS) is 18.7. The Morgan fingerprint density at radius 1 is 1.16 bits per heavy atom. The lowest BCUT2D eigenvalue weighted by atomic mass is 10.0. The molecule has 19 heavy (non-hydrogen) atoms. The van der Waals surface area contributed by atoms with Crippen molar-refractivity contribution in [2.24, 2.45) is 0 Å². The predicted octanol–water partition coefficient (Wildman–Crippen LogP) is 2.89. The fraction of sp³-hybridized carbons (Fsp3) is 0.571. The number of likely N-dealkylation sites (tertiary alicyclic amines) is 1. The van der Waals surface area contributed by atoms with Crippen LogP contribution >= 0.6 is 0 Å². The van der Waals surface area contributed by atoms with Crippen LogP contribution in [0.4, 0.5) is 13.2 Å². The lowest BCUT2D eigenvalue weighted by molar-refractivity contribution is -0.137. The second kappa shape index (κ2) is 5.92. The topological polar surface area (TPSA) is 15.3 Å². The number of nitrogens with zero attached hydrogens (tertiary/aromatic N) is 1. The van der Waals surface area contributed by atoms with Crippen LogP contribution in [-0.2, 0) is 12.7 Å². The molecule has 0 saturated carbocycles. The van der Waals surface area contributed by atoms with Crippen molar-refractivity contribution in [3.8, 4) is 0 Å². The molecule has 2 rings (SSSR count). The number of hydrogen-bond donors (Lipinski definition) is 1. The quantitative estimate of drug-likeness (QED) is 0.910. The minimum atomic E-state index is -4.25. The minimum absolute atomic E-state index is 0.471. The number of alkyl halides is 3. The first-order valence-electron chi connectivity index (χ1n) is 6.53. The summed E-state index contributed by atoms with van der Waals surface area (Å²) < 4.78 is 37.2. The van der Waals surface area contributed by atoms with Gasteiger partial charge in [0.25, 0.3) is 0 Å². The number of rotatable bonds is 3. The fourth-order valence-electron chi connectivity index (χ4n) is 2.29. The van der Waals surface area contributed by atoms with E-state index < -0.39 is 11.7 Å². The van der Waals surface area contributed by atoms with Gasteiger partial charge in [0.05, 0.1) is 5.56 Å². The highest BCUT2D eigenvalue weighted by molar-refractivity contribution is 5.24. The van der Waals surface area contributed by atoms with Gasteiger partial charge in [-0.2, -0.15) is 13.2 Å². The van der Waals surface area contributed by atoms with Crippen molar-refractivity contribution in [1.29, 1.82) is 0 Å². The van der Waals surface area contributed by atoms with Crippen LogP contribution in [0.5, 0.6) is 0 Å². The van der Waals surface area contributed by atoms with Crippen molar-refractivity contribution in [3.05, 3.63) is 35.4 Å². The molecular formula is C14H19F3N2. The monoisotopic (exact) mass is 272 g/mol. The molecule has 0 bridgehead atoms. The van der Waals surface area contributed by atoms with Gasteiger partial charge in [0.15, 0.2) is 0 Å². The predicted molar refractivity (Wildman–Crippen MR) is 68.8 cm³/mol. The van der Waals surface area contributed by atoms with E-state index in [4.69, 9.17) is 0 Å². The van der Waals surface area contributed by atoms with Crippen molar-refractivity contribution in [3.63, 3.8) is 0 Å². The molecule has 0 aromatic heterocycles. The second-order valence-electron chi connectivity index (χ2n) is 5.15. The molecule has 2 nitrogen and oxygen atoms in total. The highest BCUT2D eigenvalue weighted by Crippen LogP contribution is 2.29. The third-order valence-electron chi connectivity index (χ3n) is 3.59. The average molecular weight is 272 g/mol. The average Bonchev–Trinajstić information content (AvgIpc) is 2.37. The van der Waals surface area contributed by atoms with Crippen LogP contribution in [0.25, 0.3) is 0 Å². The van der Waals surface area contributed by atoms with E-state index in [0.29, 0.717) is 12.6 Å². The minimum Gasteiger partial charge on any atom is -0.310 e. The third-order valence-corrected chi connectivity index (χ3v) is 3.59. The van der Waals surface area contributed by atoms with Crippen molar-refractivity contribution in [2.75, 3.05) is 20.1 Å². The maximum atomic E-state index is 12.4. The Kier molecular flexibility index (Phi) is 4.47. The maximum absolute atomic E-state index is 12.4. The Morgan fingerprint density at radius 2 is 1.74 bits per heavy atom. The summed E-state index contributed by atoms with van der Waals surface area (Å²) in [5, 5.41) is 3.41. The highest BCUT2D eigenvalue weighted by atomic mass is 19.4. The molecule has 1 aromatic rings. The molecule has 1 N–H and O–H groups in total. The van der Waals surface area contributed by atoms with E-state index in [2.05, 4.69) is 17.3 Å². The van der Waals surface area contributed by atoms with E-state index in [1.807, 2.05) is 0 Å². The number of halogens is 3. The van der Waals surface area contributed by atoms with Gasteiger partial charge in [0.2, 0.25) is 0 Å². The van der Waals surface area contributed by atoms with Gasteiger partial charge in [-0.3, -0.25) is 0 Å². The second-order valence-corrected chi connectivity index (χ2v) is 5.15. The zero-order valence-electron chi connectivity index (χ0n) is 11.0. The number of nitrogens with one attached hydrogen (secondary N) is 1. The molecule has 1 aromatic carbocycles. The Bertz CT molecular complexity index is 392. The summed E-state index contributed by atoms with van der Waals surface area (Å²) in [6.07, 6.45) is -2.06. The van der Waals surface area contributed by atoms with Gasteiger partial charge in [-0.1, -0.05) is 12.1 Å². The molecule has 5 heteroatoms. The molecule has 0 atom stereocenters. The van der Waals surface area contributed by atoms with Gasteiger partial charge in [-0.15, -0.1) is 0 Å². The molecule has 0 aliphatic carbocycles. The van der Waals surface area contributed by atoms with Crippen LogP contribution in [0, 0.1) is 0 Å². The van der Waals surface area contributed by atoms with Gasteiger partial charge < -0.3 is 10.2 Å². The number of piperidine rings is 1. The fourth-order valence-corrected chi connectivity index (χ4v) is 2.29. The zero-order valence-corrected chi connectivity index (χ0v) is 11.0. The van der Waals surface area contributed by atoms with Crippen LogP contribution in [0.1, 0.15) is 24.0 Å². The summed E-state index contributed by atoms with van der Waals surface area (Å²) >= 11 is 0. The lowest BCUT2D eigenvalue weighted by Crippen LogP contribution is -2.40. The standard InChI is InChI=1S/C14H19F3N2/c1-19-8-6-13(7-9-19)18-10-11-2-4-12(5-3-11)14(15,16)17/h2-5,13,18H,6-10H2,1H3. The Morgan fingerprint density at radius 3 is 2.26 bits per heavy atom. The van der Waals surface area contributed by atoms with Gasteiger partial charge in [-0.05, 0) is 50.7 Å². The van der Waals surface area contributed by atoms with Gasteiger partial charge in [0, 0.05) is 12.6 Å². The van der Waals surface area contributed by atoms with Gasteiger partial charge >= 0.3 is 6.18 Å². The molecule has 1 heterocycles. The molecule has 0 radical (unpaired) electrons. The molecule has 1 aliphatic rings. The number of hydrogen-bond acceptors (Lipinski definition) is 2. The van der Waals surface area contributed by atoms with Crippen LogP contribution in [0.15, 0.2) is 24.3 Å². The summed E-state index contributed by atoms with van der Waals surface area (Å²) in [7, 11) is 2.10. The third kappa shape index (κ3) is 4.21. The lowest BCUT2D eigenvalue weighted by Gasteiger charge is -2.29. The molecule has 0 spiro atoms. The molecule has 1 aliphatic heterocycles. The molecule has 106 valence electrons. The smallest absolute Gasteiger partial charge is 0.310 e. The zero-order chi connectivity index (χ0) is 13.9. The molecule has 0 amide bonds. The van der Waals surface area contributed by atoms with Crippen molar-refractivity contribution >= 4 is 0 Å². The number of benzene rings is 1. The largest absolute Gasteiger partial charge is 0.416 e. The van der Waals surface area contributed by atoms with Crippen molar-refractivity contribution in [1.82, 2.24) is 10.2 Å². The SMILES string of the molecule is CN1CCC(NCc2ccc(C(F)(F)F)cc2)CC1. The Hall–Kier alpha value is -1.07. The first-order valence-corrected chi connectivity index (χ1v) is 6.53. The van der Waals surface area contributed by atoms with E-state index in [9.17, 15) is 13.2 Å². The first-order chi connectivity index (χ1) is 8.95. The summed E-state index contributed by atoms with van der Waals surface area (Å²) in [4.78, 5) is 2.29. The Labute approximate surface area is 111 Å². The molecule has 0 unspecified atom stereocenters. The summed E-state index contributed by atoms with van der Waals surface area (Å²) in [5.74, 6) is 0. The van der Waals surface area contributed by atoms with E-state index in [-0.39, 0.29) is 0 Å². The highest BCUT2D eigenvalue weighted by Gasteiger charge is 2.29. The van der Waals surface area contributed by atoms with Crippen molar-refractivity contribution in [2.45, 2.75) is 31.6 Å². The van der Waals surface area contributed by atoms with Crippen LogP contribution < -0.4 is 5.32 Å². The van der Waals surface area contributed by atoms with Crippen LogP contribution in [-0.4, -0.2) is 31.1 Å². The van der Waals surface area contributed by atoms with Crippen molar-refractivity contribution < 1.29 is 13.2 Å². The van der Waals surface area contributed by atoms with E-state index in [1.165, 1.54) is 0 Å². The summed E-state index contributed by atoms with van der Waals surface area (Å²) in [5.41, 5.74) is 0.308. The van der Waals surface area contributed by atoms with E-state index >= 15 is 0 Å². The summed E-state index contributed by atoms with van der Waals surface area (Å²) in [6, 6.07) is 5.85. The maximum Gasteiger partial charge on any atom is 0.416 e. The molecular weight excluding hydrogens is 253 g/mol. The molecule has 1 fully saturated rings. The van der Waals surface area contributed by atoms with Crippen LogP contribution in [0.2, 0.25) is 0 Å². The first kappa shape index (κ1) is 14.3. The van der Waals surface area contributed by atoms with Crippen LogP contribution in [0.3, 0.4) is 0 Å². The van der Waals surface area contributed by atoms with E-state index in [0.717, 1.165) is 43.6 Å². The van der Waals surface area contributed by atoms with Gasteiger partial charge in [-0.25, -0.2) is 0 Å². The van der Waals surface area contributed by atoms with Gasteiger partial charge in [0.1, 0.15) is 0 Å². The Balaban J connectivity index is 1.83.